The first-order valence-corrected chi connectivity index (χ1v) is 5.83. The molecule has 0 spiro atoms. The van der Waals surface area contributed by atoms with Gasteiger partial charge in [0, 0.05) is 4.90 Å². The Morgan fingerprint density at radius 3 is 2.25 bits per heavy atom. The Kier molecular flexibility index (Phi) is 4.37. The Morgan fingerprint density at radius 1 is 1.25 bits per heavy atom. The van der Waals surface area contributed by atoms with E-state index < -0.39 is 27.8 Å². The minimum absolute atomic E-state index is 0.438. The van der Waals surface area contributed by atoms with Gasteiger partial charge in [0.05, 0.1) is 17.9 Å². The molecule has 2 unspecified atom stereocenters. The lowest BCUT2D eigenvalue weighted by atomic mass is 10.3. The van der Waals surface area contributed by atoms with Crippen LogP contribution in [0, 0.1) is 0 Å². The van der Waals surface area contributed by atoms with Gasteiger partial charge in [0.2, 0.25) is 0 Å². The van der Waals surface area contributed by atoms with Crippen LogP contribution < -0.4 is 0 Å². The third-order valence-electron chi connectivity index (χ3n) is 1.97. The van der Waals surface area contributed by atoms with Gasteiger partial charge in [0.15, 0.2) is 11.0 Å². The molecule has 0 fully saturated rings. The Balaban J connectivity index is 3.02. The van der Waals surface area contributed by atoms with Crippen molar-refractivity contribution in [1.82, 2.24) is 0 Å². The number of hydrogen-bond acceptors (Lipinski definition) is 4. The number of carbonyl (C=O) groups is 2. The van der Waals surface area contributed by atoms with E-state index in [-0.39, 0.29) is 0 Å². The van der Waals surface area contributed by atoms with Crippen LogP contribution in [-0.2, 0) is 25.1 Å². The molecule has 0 N–H and O–H groups in total. The lowest BCUT2D eigenvalue weighted by Gasteiger charge is -2.10. The number of methoxy groups -OCH3 is 1. The maximum absolute atomic E-state index is 12.0. The number of esters is 1. The van der Waals surface area contributed by atoms with Crippen molar-refractivity contribution >= 4 is 22.6 Å². The number of benzene rings is 1. The van der Waals surface area contributed by atoms with Crippen molar-refractivity contribution in [2.45, 2.75) is 17.1 Å². The van der Waals surface area contributed by atoms with Gasteiger partial charge < -0.3 is 4.74 Å². The second-order valence-electron chi connectivity index (χ2n) is 3.12. The average molecular weight is 240 g/mol. The van der Waals surface area contributed by atoms with E-state index in [4.69, 9.17) is 0 Å². The summed E-state index contributed by atoms with van der Waals surface area (Å²) in [6.45, 7) is 1.22. The van der Waals surface area contributed by atoms with Crippen LogP contribution in [0.3, 0.4) is 0 Å². The first-order valence-electron chi connectivity index (χ1n) is 4.62. The van der Waals surface area contributed by atoms with Crippen molar-refractivity contribution in [2.75, 3.05) is 7.11 Å². The third-order valence-corrected chi connectivity index (χ3v) is 3.66. The largest absolute Gasteiger partial charge is 0.468 e. The quantitative estimate of drug-likeness (QED) is 0.580. The lowest BCUT2D eigenvalue weighted by Crippen LogP contribution is -2.33. The monoisotopic (exact) mass is 240 g/mol. The van der Waals surface area contributed by atoms with Gasteiger partial charge in [0.25, 0.3) is 0 Å². The van der Waals surface area contributed by atoms with Gasteiger partial charge in [-0.2, -0.15) is 0 Å². The molecule has 0 aliphatic heterocycles. The molecule has 2 atom stereocenters. The van der Waals surface area contributed by atoms with Crippen LogP contribution in [0.1, 0.15) is 6.92 Å². The van der Waals surface area contributed by atoms with Crippen LogP contribution >= 0.6 is 0 Å². The van der Waals surface area contributed by atoms with E-state index in [2.05, 4.69) is 4.74 Å². The first kappa shape index (κ1) is 12.6. The van der Waals surface area contributed by atoms with Gasteiger partial charge in [-0.1, -0.05) is 18.2 Å². The molecule has 1 rings (SSSR count). The lowest BCUT2D eigenvalue weighted by molar-refractivity contribution is -0.142. The normalized spacial score (nSPS) is 13.9. The smallest absolute Gasteiger partial charge is 0.329 e. The molecule has 0 saturated heterocycles. The molecule has 0 aromatic heterocycles. The van der Waals surface area contributed by atoms with E-state index in [1.54, 1.807) is 30.3 Å². The van der Waals surface area contributed by atoms with Gasteiger partial charge in [-0.25, -0.2) is 0 Å². The zero-order chi connectivity index (χ0) is 12.1. The molecule has 5 heteroatoms. The fourth-order valence-electron chi connectivity index (χ4n) is 1.20. The standard InChI is InChI=1S/C11H12O4S/c1-8(12)10(11(13)15-2)16(14)9-6-4-3-5-7-9/h3-7,10H,1-2H3. The van der Waals surface area contributed by atoms with Crippen LogP contribution in [0.5, 0.6) is 0 Å². The maximum Gasteiger partial charge on any atom is 0.329 e. The molecule has 1 aromatic rings. The van der Waals surface area contributed by atoms with E-state index >= 15 is 0 Å². The van der Waals surface area contributed by atoms with E-state index in [9.17, 15) is 13.8 Å². The number of ketones is 1. The molecule has 0 heterocycles. The minimum atomic E-state index is -1.71. The molecule has 0 aliphatic carbocycles. The summed E-state index contributed by atoms with van der Waals surface area (Å²) in [4.78, 5) is 23.0. The van der Waals surface area contributed by atoms with Crippen molar-refractivity contribution in [3.63, 3.8) is 0 Å². The first-order chi connectivity index (χ1) is 7.57. The Bertz CT molecular complexity index is 413. The highest BCUT2D eigenvalue weighted by molar-refractivity contribution is 7.87. The summed E-state index contributed by atoms with van der Waals surface area (Å²) in [5, 5.41) is -1.24. The molecule has 0 radical (unpaired) electrons. The van der Waals surface area contributed by atoms with Crippen molar-refractivity contribution in [2.24, 2.45) is 0 Å². The second-order valence-corrected chi connectivity index (χ2v) is 4.66. The molecule has 0 aliphatic rings. The van der Waals surface area contributed by atoms with Crippen molar-refractivity contribution in [3.8, 4) is 0 Å². The molecule has 4 nitrogen and oxygen atoms in total. The predicted molar refractivity (Wildman–Crippen MR) is 59.3 cm³/mol. The number of hydrogen-bond donors (Lipinski definition) is 0. The summed E-state index contributed by atoms with van der Waals surface area (Å²) in [7, 11) is -0.538. The zero-order valence-electron chi connectivity index (χ0n) is 9.01. The molecular formula is C11H12O4S. The van der Waals surface area contributed by atoms with Gasteiger partial charge in [-0.15, -0.1) is 0 Å². The highest BCUT2D eigenvalue weighted by Gasteiger charge is 2.31. The molecule has 16 heavy (non-hydrogen) atoms. The molecule has 86 valence electrons. The van der Waals surface area contributed by atoms with Gasteiger partial charge in [0.1, 0.15) is 0 Å². The van der Waals surface area contributed by atoms with Crippen molar-refractivity contribution in [3.05, 3.63) is 30.3 Å². The number of ether oxygens (including phenoxy) is 1. The van der Waals surface area contributed by atoms with Crippen LogP contribution in [-0.4, -0.2) is 28.3 Å². The zero-order valence-corrected chi connectivity index (χ0v) is 9.82. The summed E-state index contributed by atoms with van der Waals surface area (Å²) >= 11 is 0. The number of rotatable bonds is 4. The third kappa shape index (κ3) is 2.76. The van der Waals surface area contributed by atoms with Crippen molar-refractivity contribution < 1.29 is 18.5 Å². The SMILES string of the molecule is COC(=O)C(C(C)=O)S(=O)c1ccccc1. The molecular weight excluding hydrogens is 228 g/mol. The van der Waals surface area contributed by atoms with Crippen LogP contribution in [0.25, 0.3) is 0 Å². The molecule has 1 aromatic carbocycles. The molecule has 0 amide bonds. The second kappa shape index (κ2) is 5.55. The maximum atomic E-state index is 12.0. The summed E-state index contributed by atoms with van der Waals surface area (Å²) in [6, 6.07) is 8.37. The Morgan fingerprint density at radius 2 is 1.81 bits per heavy atom. The van der Waals surface area contributed by atoms with Crippen LogP contribution in [0.2, 0.25) is 0 Å². The number of carbonyl (C=O) groups excluding carboxylic acids is 2. The van der Waals surface area contributed by atoms with Gasteiger partial charge >= 0.3 is 5.97 Å². The van der Waals surface area contributed by atoms with Gasteiger partial charge in [-0.05, 0) is 19.1 Å². The van der Waals surface area contributed by atoms with E-state index in [0.717, 1.165) is 0 Å². The minimum Gasteiger partial charge on any atom is -0.468 e. The summed E-state index contributed by atoms with van der Waals surface area (Å²) in [6.07, 6.45) is 0. The highest BCUT2D eigenvalue weighted by atomic mass is 32.2. The average Bonchev–Trinajstić information content (AvgIpc) is 2.29. The van der Waals surface area contributed by atoms with Crippen LogP contribution in [0.15, 0.2) is 35.2 Å². The van der Waals surface area contributed by atoms with E-state index in [1.807, 2.05) is 0 Å². The Hall–Kier alpha value is -1.49. The van der Waals surface area contributed by atoms with Gasteiger partial charge in [-0.3, -0.25) is 13.8 Å². The molecule has 0 saturated carbocycles. The summed E-state index contributed by atoms with van der Waals surface area (Å²) in [5.41, 5.74) is 0. The topological polar surface area (TPSA) is 60.4 Å². The number of Topliss-reactive ketones (excluding diaryl/α,β-unsaturated/α-hetero) is 1. The summed E-state index contributed by atoms with van der Waals surface area (Å²) in [5.74, 6) is -1.23. The molecule has 0 bridgehead atoms. The van der Waals surface area contributed by atoms with E-state index in [1.165, 1.54) is 14.0 Å². The Labute approximate surface area is 96.1 Å². The van der Waals surface area contributed by atoms with E-state index in [0.29, 0.717) is 4.90 Å². The summed E-state index contributed by atoms with van der Waals surface area (Å²) < 4.78 is 16.4. The van der Waals surface area contributed by atoms with Crippen molar-refractivity contribution in [1.29, 1.82) is 0 Å². The predicted octanol–water partition coefficient (Wildman–Crippen LogP) is 0.925. The highest BCUT2D eigenvalue weighted by Crippen LogP contribution is 2.12. The fourth-order valence-corrected chi connectivity index (χ4v) is 2.47. The van der Waals surface area contributed by atoms with Crippen LogP contribution in [0.4, 0.5) is 0 Å². The fraction of sp³-hybridized carbons (Fsp3) is 0.273.